The van der Waals surface area contributed by atoms with Crippen LogP contribution in [-0.4, -0.2) is 55.0 Å². The summed E-state index contributed by atoms with van der Waals surface area (Å²) in [5, 5.41) is 29.2. The van der Waals surface area contributed by atoms with Crippen molar-refractivity contribution in [3.8, 4) is 10.6 Å². The molecule has 1 aliphatic carbocycles. The molecular formula is C26H30N6O2S. The molecule has 1 aliphatic heterocycles. The Bertz CT molecular complexity index is 1320. The fraction of sp³-hybridized carbons (Fsp3) is 0.423. The lowest BCUT2D eigenvalue weighted by atomic mass is 9.83. The first-order chi connectivity index (χ1) is 17.1. The van der Waals surface area contributed by atoms with Crippen LogP contribution in [0.4, 0.5) is 5.82 Å². The number of fused-ring (bicyclic) bond motifs is 1. The van der Waals surface area contributed by atoms with Crippen LogP contribution in [0.25, 0.3) is 21.6 Å². The van der Waals surface area contributed by atoms with Crippen molar-refractivity contribution in [3.63, 3.8) is 0 Å². The molecule has 8 nitrogen and oxygen atoms in total. The predicted molar refractivity (Wildman–Crippen MR) is 137 cm³/mol. The van der Waals surface area contributed by atoms with E-state index in [9.17, 15) is 10.2 Å². The Balaban J connectivity index is 1.36. The van der Waals surface area contributed by atoms with Gasteiger partial charge in [0.15, 0.2) is 0 Å². The van der Waals surface area contributed by atoms with Gasteiger partial charge in [0.25, 0.3) is 0 Å². The summed E-state index contributed by atoms with van der Waals surface area (Å²) in [4.78, 5) is 13.7. The Morgan fingerprint density at radius 2 is 2.00 bits per heavy atom. The van der Waals surface area contributed by atoms with Crippen molar-refractivity contribution in [2.45, 2.75) is 43.9 Å². The van der Waals surface area contributed by atoms with Crippen LogP contribution >= 0.6 is 11.3 Å². The standard InChI is InChI=1S/C26H30N6O2S/c27-24-21-19(26-31-17(13-35-26)9-15-5-2-1-3-6-15)12-32(25(21)30-14-29-24)20-10-18(22(33)23(20)34)16-7-4-8-28-11-16/h1-3,5-6,12-14,16,18,20,22-23,28,33-34H,4,7-11H2,(H2,27,29,30)/t16-,18-,20-,22-,23+/m1/s1. The highest BCUT2D eigenvalue weighted by atomic mass is 32.1. The number of nitrogens with two attached hydrogens (primary N) is 1. The van der Waals surface area contributed by atoms with Gasteiger partial charge in [0.2, 0.25) is 0 Å². The summed E-state index contributed by atoms with van der Waals surface area (Å²) in [7, 11) is 0. The maximum absolute atomic E-state index is 11.1. The molecule has 182 valence electrons. The monoisotopic (exact) mass is 490 g/mol. The fourth-order valence-electron chi connectivity index (χ4n) is 5.87. The van der Waals surface area contributed by atoms with Gasteiger partial charge in [0.1, 0.15) is 28.9 Å². The fourth-order valence-corrected chi connectivity index (χ4v) is 6.71. The normalized spacial score (nSPS) is 27.0. The topological polar surface area (TPSA) is 122 Å². The lowest BCUT2D eigenvalue weighted by Crippen LogP contribution is -2.39. The van der Waals surface area contributed by atoms with Gasteiger partial charge < -0.3 is 25.8 Å². The molecule has 1 aromatic carbocycles. The molecular weight excluding hydrogens is 460 g/mol. The second-order valence-electron chi connectivity index (χ2n) is 9.77. The Hall–Kier alpha value is -2.85. The molecule has 6 rings (SSSR count). The molecule has 9 heteroatoms. The number of benzene rings is 1. The number of nitrogens with zero attached hydrogens (tertiary/aromatic N) is 4. The van der Waals surface area contributed by atoms with Gasteiger partial charge in [0, 0.05) is 23.6 Å². The van der Waals surface area contributed by atoms with E-state index < -0.39 is 12.2 Å². The number of nitrogens with one attached hydrogen (secondary N) is 1. The molecule has 0 bridgehead atoms. The second-order valence-corrected chi connectivity index (χ2v) is 10.6. The van der Waals surface area contributed by atoms with E-state index in [4.69, 9.17) is 10.7 Å². The predicted octanol–water partition coefficient (Wildman–Crippen LogP) is 3.01. The number of hydrogen-bond donors (Lipinski definition) is 4. The number of aliphatic hydroxyl groups is 2. The molecule has 0 unspecified atom stereocenters. The molecule has 1 saturated carbocycles. The lowest BCUT2D eigenvalue weighted by Gasteiger charge is -2.30. The lowest BCUT2D eigenvalue weighted by molar-refractivity contribution is -0.00692. The average Bonchev–Trinajstić information content (AvgIpc) is 3.58. The van der Waals surface area contributed by atoms with E-state index in [-0.39, 0.29) is 12.0 Å². The third-order valence-electron chi connectivity index (χ3n) is 7.64. The molecule has 5 atom stereocenters. The summed E-state index contributed by atoms with van der Waals surface area (Å²) in [6.45, 7) is 1.91. The van der Waals surface area contributed by atoms with E-state index in [0.717, 1.165) is 54.0 Å². The number of anilines is 1. The smallest absolute Gasteiger partial charge is 0.146 e. The van der Waals surface area contributed by atoms with Crippen molar-refractivity contribution in [2.24, 2.45) is 11.8 Å². The van der Waals surface area contributed by atoms with Crippen molar-refractivity contribution >= 4 is 28.2 Å². The molecule has 3 aromatic heterocycles. The minimum absolute atomic E-state index is 0.0419. The summed E-state index contributed by atoms with van der Waals surface area (Å²) in [6.07, 6.45) is 5.44. The van der Waals surface area contributed by atoms with Crippen LogP contribution in [0.5, 0.6) is 0 Å². The van der Waals surface area contributed by atoms with E-state index in [1.165, 1.54) is 11.9 Å². The Morgan fingerprint density at radius 3 is 2.80 bits per heavy atom. The molecule has 4 heterocycles. The van der Waals surface area contributed by atoms with Crippen LogP contribution in [0.3, 0.4) is 0 Å². The van der Waals surface area contributed by atoms with Crippen molar-refractivity contribution in [1.82, 2.24) is 24.8 Å². The van der Waals surface area contributed by atoms with Crippen molar-refractivity contribution in [1.29, 1.82) is 0 Å². The Labute approximate surface area is 207 Å². The van der Waals surface area contributed by atoms with E-state index in [2.05, 4.69) is 32.8 Å². The van der Waals surface area contributed by atoms with Crippen LogP contribution in [0.15, 0.2) is 48.2 Å². The minimum atomic E-state index is -0.869. The number of thiazole rings is 1. The molecule has 35 heavy (non-hydrogen) atoms. The third kappa shape index (κ3) is 4.12. The molecule has 4 aromatic rings. The van der Waals surface area contributed by atoms with E-state index >= 15 is 0 Å². The maximum atomic E-state index is 11.1. The first-order valence-corrected chi connectivity index (χ1v) is 13.1. The van der Waals surface area contributed by atoms with Crippen LogP contribution < -0.4 is 11.1 Å². The average molecular weight is 491 g/mol. The van der Waals surface area contributed by atoms with Crippen molar-refractivity contribution < 1.29 is 10.2 Å². The highest BCUT2D eigenvalue weighted by Crippen LogP contribution is 2.44. The van der Waals surface area contributed by atoms with Gasteiger partial charge in [-0.2, -0.15) is 0 Å². The SMILES string of the molecule is Nc1ncnc2c1c(-c1nc(Cc3ccccc3)cs1)cn2[C@@H]1C[C@H]([C@@H]2CCCNC2)[C@@H](O)[C@H]1O. The highest BCUT2D eigenvalue weighted by Gasteiger charge is 2.46. The molecule has 0 spiro atoms. The van der Waals surface area contributed by atoms with Gasteiger partial charge in [-0.05, 0) is 49.8 Å². The number of nitrogen functional groups attached to an aromatic ring is 1. The summed E-state index contributed by atoms with van der Waals surface area (Å²) in [6, 6.07) is 9.99. The largest absolute Gasteiger partial charge is 0.390 e. The van der Waals surface area contributed by atoms with Gasteiger partial charge in [0.05, 0.1) is 23.2 Å². The van der Waals surface area contributed by atoms with Gasteiger partial charge >= 0.3 is 0 Å². The van der Waals surface area contributed by atoms with Gasteiger partial charge in [-0.1, -0.05) is 30.3 Å². The molecule has 5 N–H and O–H groups in total. The molecule has 2 aliphatic rings. The molecule has 0 radical (unpaired) electrons. The third-order valence-corrected chi connectivity index (χ3v) is 8.57. The number of hydrogen-bond acceptors (Lipinski definition) is 8. The number of piperidine rings is 1. The summed E-state index contributed by atoms with van der Waals surface area (Å²) < 4.78 is 1.99. The van der Waals surface area contributed by atoms with E-state index in [1.807, 2.05) is 29.0 Å². The minimum Gasteiger partial charge on any atom is -0.390 e. The van der Waals surface area contributed by atoms with Crippen LogP contribution in [0.1, 0.15) is 36.6 Å². The molecule has 0 amide bonds. The van der Waals surface area contributed by atoms with Gasteiger partial charge in [-0.3, -0.25) is 0 Å². The summed E-state index contributed by atoms with van der Waals surface area (Å²) >= 11 is 1.57. The Morgan fingerprint density at radius 1 is 1.14 bits per heavy atom. The first kappa shape index (κ1) is 22.6. The van der Waals surface area contributed by atoms with Gasteiger partial charge in [-0.25, -0.2) is 15.0 Å². The second kappa shape index (κ2) is 9.31. The van der Waals surface area contributed by atoms with E-state index in [1.54, 1.807) is 11.3 Å². The van der Waals surface area contributed by atoms with Gasteiger partial charge in [-0.15, -0.1) is 11.3 Å². The summed E-state index contributed by atoms with van der Waals surface area (Å²) in [5.41, 5.74) is 10.1. The molecule has 1 saturated heterocycles. The number of aromatic nitrogens is 4. The zero-order valence-electron chi connectivity index (χ0n) is 19.4. The highest BCUT2D eigenvalue weighted by molar-refractivity contribution is 7.13. The molecule has 2 fully saturated rings. The van der Waals surface area contributed by atoms with Crippen molar-refractivity contribution in [2.75, 3.05) is 18.8 Å². The van der Waals surface area contributed by atoms with Crippen LogP contribution in [-0.2, 0) is 6.42 Å². The zero-order chi connectivity index (χ0) is 23.9. The zero-order valence-corrected chi connectivity index (χ0v) is 20.2. The van der Waals surface area contributed by atoms with Crippen LogP contribution in [0, 0.1) is 11.8 Å². The maximum Gasteiger partial charge on any atom is 0.146 e. The number of aliphatic hydroxyl groups excluding tert-OH is 2. The summed E-state index contributed by atoms with van der Waals surface area (Å²) in [5.74, 6) is 0.795. The first-order valence-electron chi connectivity index (χ1n) is 12.3. The van der Waals surface area contributed by atoms with Crippen molar-refractivity contribution in [3.05, 3.63) is 59.5 Å². The number of rotatable bonds is 5. The Kier molecular flexibility index (Phi) is 6.01. The van der Waals surface area contributed by atoms with Crippen LogP contribution in [0.2, 0.25) is 0 Å². The quantitative estimate of drug-likeness (QED) is 0.339. The van der Waals surface area contributed by atoms with E-state index in [0.29, 0.717) is 23.8 Å².